The molecular formula is O4TaYb. The standard InChI is InChI=1S/4O.Ta.Yb/q4*-2;+5;+3. The summed E-state index contributed by atoms with van der Waals surface area (Å²) in [6, 6.07) is 0. The molecule has 0 heterocycles. The van der Waals surface area contributed by atoms with Crippen molar-refractivity contribution in [2.45, 2.75) is 0 Å². The summed E-state index contributed by atoms with van der Waals surface area (Å²) in [6.45, 7) is 0. The van der Waals surface area contributed by atoms with E-state index >= 15 is 0 Å². The Morgan fingerprint density at radius 3 is 0.500 bits per heavy atom. The van der Waals surface area contributed by atoms with Crippen molar-refractivity contribution in [1.82, 2.24) is 0 Å². The summed E-state index contributed by atoms with van der Waals surface area (Å²) in [4.78, 5) is 0. The zero-order valence-electron chi connectivity index (χ0n) is 2.35. The summed E-state index contributed by atoms with van der Waals surface area (Å²) in [5.74, 6) is 0. The second kappa shape index (κ2) is 59.9. The molecule has 0 bridgehead atoms. The van der Waals surface area contributed by atoms with Gasteiger partial charge in [0.25, 0.3) is 0 Å². The Morgan fingerprint density at radius 2 is 0.500 bits per heavy atom. The van der Waals surface area contributed by atoms with Crippen LogP contribution in [0.15, 0.2) is 0 Å². The van der Waals surface area contributed by atoms with Crippen LogP contribution >= 0.6 is 0 Å². The number of hydrogen-bond acceptors (Lipinski definition) is 0. The summed E-state index contributed by atoms with van der Waals surface area (Å²) < 4.78 is 0. The zero-order chi connectivity index (χ0) is 0. The Morgan fingerprint density at radius 1 is 0.500 bits per heavy atom. The zero-order valence-corrected chi connectivity index (χ0v) is 7.28. The molecule has 4 nitrogen and oxygen atoms in total. The van der Waals surface area contributed by atoms with E-state index in [9.17, 15) is 0 Å². The molecule has 0 saturated carbocycles. The molecule has 43 valence electrons. The Bertz CT molecular complexity index is 7.51. The van der Waals surface area contributed by atoms with Gasteiger partial charge in [-0.05, 0) is 0 Å². The molecule has 0 N–H and O–H groups in total. The fourth-order valence-corrected chi connectivity index (χ4v) is 0. The molecule has 0 aromatic heterocycles. The molecule has 0 saturated heterocycles. The van der Waals surface area contributed by atoms with E-state index in [0.717, 1.165) is 0 Å². The SMILES string of the molecule is [O-2].[O-2].[O-2].[O-2].[Ta+5].[Yb+3]. The Hall–Kier alpha value is 2.10. The smallest absolute Gasteiger partial charge is 2.00 e. The van der Waals surface area contributed by atoms with E-state index in [-0.39, 0.29) is 91.2 Å². The average molecular weight is 418 g/mol. The second-order valence-electron chi connectivity index (χ2n) is 0. The van der Waals surface area contributed by atoms with E-state index in [1.54, 1.807) is 0 Å². The fraction of sp³-hybridized carbons (Fsp3) is 0. The maximum Gasteiger partial charge on any atom is 5.00 e. The van der Waals surface area contributed by atoms with Gasteiger partial charge in [0.15, 0.2) is 0 Å². The minimum atomic E-state index is 0. The molecule has 0 aromatic carbocycles. The van der Waals surface area contributed by atoms with E-state index in [1.807, 2.05) is 0 Å². The van der Waals surface area contributed by atoms with Crippen LogP contribution in [0, 0.1) is 46.9 Å². The van der Waals surface area contributed by atoms with Gasteiger partial charge < -0.3 is 21.9 Å². The van der Waals surface area contributed by atoms with Crippen LogP contribution in [0.5, 0.6) is 0 Å². The molecule has 0 aliphatic rings. The van der Waals surface area contributed by atoms with E-state index in [0.29, 0.717) is 0 Å². The Balaban J connectivity index is 0. The van der Waals surface area contributed by atoms with Gasteiger partial charge in [0.2, 0.25) is 0 Å². The van der Waals surface area contributed by atoms with Crippen molar-refractivity contribution in [3.05, 3.63) is 0 Å². The van der Waals surface area contributed by atoms with Crippen molar-refractivity contribution in [1.29, 1.82) is 0 Å². The van der Waals surface area contributed by atoms with Gasteiger partial charge in [-0.25, -0.2) is 0 Å². The molecule has 0 aromatic rings. The molecule has 0 unspecified atom stereocenters. The van der Waals surface area contributed by atoms with Gasteiger partial charge in [0.1, 0.15) is 0 Å². The van der Waals surface area contributed by atoms with Crippen LogP contribution in [0.4, 0.5) is 0 Å². The third-order valence-corrected chi connectivity index (χ3v) is 0. The molecule has 0 spiro atoms. The van der Waals surface area contributed by atoms with Crippen LogP contribution in [0.25, 0.3) is 0 Å². The summed E-state index contributed by atoms with van der Waals surface area (Å²) in [7, 11) is 0. The van der Waals surface area contributed by atoms with Crippen LogP contribution in [-0.4, -0.2) is 0 Å². The largest absolute Gasteiger partial charge is 5.00 e. The van der Waals surface area contributed by atoms with E-state index in [1.165, 1.54) is 0 Å². The summed E-state index contributed by atoms with van der Waals surface area (Å²) in [5.41, 5.74) is 0. The van der Waals surface area contributed by atoms with Gasteiger partial charge in [0.05, 0.1) is 0 Å². The molecule has 0 aliphatic heterocycles. The van der Waals surface area contributed by atoms with Crippen LogP contribution in [0.3, 0.4) is 0 Å². The molecule has 0 aliphatic carbocycles. The number of rotatable bonds is 0. The number of hydrogen-bond donors (Lipinski definition) is 0. The Labute approximate surface area is 89.7 Å². The maximum atomic E-state index is 0. The molecule has 6 heteroatoms. The monoisotopic (exact) mass is 419 g/mol. The van der Waals surface area contributed by atoms with E-state index in [4.69, 9.17) is 0 Å². The van der Waals surface area contributed by atoms with Crippen LogP contribution in [-0.2, 0) is 44.3 Å². The first-order chi connectivity index (χ1) is 0. The minimum Gasteiger partial charge on any atom is -2.00 e. The van der Waals surface area contributed by atoms with Crippen molar-refractivity contribution < 1.29 is 91.2 Å². The van der Waals surface area contributed by atoms with Crippen LogP contribution < -0.4 is 0 Å². The fourth-order valence-electron chi connectivity index (χ4n) is 0. The first-order valence-electron chi connectivity index (χ1n) is 0. The van der Waals surface area contributed by atoms with Crippen molar-refractivity contribution in [3.63, 3.8) is 0 Å². The van der Waals surface area contributed by atoms with Crippen molar-refractivity contribution in [2.75, 3.05) is 0 Å². The molecular weight excluding hydrogens is 418 g/mol. The average Bonchev–Trinajstić information content (AvgIpc) is 0. The van der Waals surface area contributed by atoms with E-state index < -0.39 is 0 Å². The van der Waals surface area contributed by atoms with Gasteiger partial charge in [0, 0.05) is 0 Å². The predicted octanol–water partition coefficient (Wildman–Crippen LogP) is -0.478. The predicted molar refractivity (Wildman–Crippen MR) is 2.75 cm³/mol. The quantitative estimate of drug-likeness (QED) is 0.506. The second-order valence-corrected chi connectivity index (χ2v) is 0. The molecule has 0 rings (SSSR count). The molecule has 6 heavy (non-hydrogen) atoms. The summed E-state index contributed by atoms with van der Waals surface area (Å²) in [5, 5.41) is 0. The van der Waals surface area contributed by atoms with Gasteiger partial charge in [-0.3, -0.25) is 0 Å². The summed E-state index contributed by atoms with van der Waals surface area (Å²) in [6.07, 6.45) is 0. The van der Waals surface area contributed by atoms with Crippen molar-refractivity contribution in [3.8, 4) is 0 Å². The third-order valence-electron chi connectivity index (χ3n) is 0. The van der Waals surface area contributed by atoms with Gasteiger partial charge >= 0.3 is 69.3 Å². The first kappa shape index (κ1) is 92.6. The normalized spacial score (nSPS) is 0. The summed E-state index contributed by atoms with van der Waals surface area (Å²) >= 11 is 0. The minimum absolute atomic E-state index is 0. The van der Waals surface area contributed by atoms with Gasteiger partial charge in [-0.1, -0.05) is 0 Å². The van der Waals surface area contributed by atoms with Crippen LogP contribution in [0.1, 0.15) is 0 Å². The topological polar surface area (TPSA) is 114 Å². The molecule has 1 radical (unpaired) electrons. The molecule has 0 amide bonds. The molecule has 0 atom stereocenters. The third kappa shape index (κ3) is 36.0. The van der Waals surface area contributed by atoms with Crippen molar-refractivity contribution >= 4 is 0 Å². The first-order valence-corrected chi connectivity index (χ1v) is 0. The maximum absolute atomic E-state index is 0. The van der Waals surface area contributed by atoms with Gasteiger partial charge in [-0.15, -0.1) is 0 Å². The van der Waals surface area contributed by atoms with Crippen molar-refractivity contribution in [2.24, 2.45) is 0 Å². The molecule has 0 fully saturated rings. The van der Waals surface area contributed by atoms with E-state index in [2.05, 4.69) is 0 Å². The van der Waals surface area contributed by atoms with Gasteiger partial charge in [-0.2, -0.15) is 0 Å². The van der Waals surface area contributed by atoms with Crippen LogP contribution in [0.2, 0.25) is 0 Å². The Kier molecular flexibility index (Phi) is 925.